The number of rotatable bonds is 2. The first kappa shape index (κ1) is 18.2. The normalized spacial score (nSPS) is 21.2. The number of carboxylic acid groups (broad SMARTS) is 1. The Hall–Kier alpha value is -3.64. The maximum atomic E-state index is 13.2. The number of nitrogens with zero attached hydrogens (tertiary/aromatic N) is 1. The Kier molecular flexibility index (Phi) is 3.62. The molecule has 0 amide bonds. The summed E-state index contributed by atoms with van der Waals surface area (Å²) in [4.78, 5) is 27.1. The first-order valence-corrected chi connectivity index (χ1v) is 10.2. The molecule has 3 aliphatic rings. The number of hydrogen-bond acceptors (Lipinski definition) is 5. The van der Waals surface area contributed by atoms with Crippen LogP contribution in [-0.2, 0) is 5.41 Å². The lowest BCUT2D eigenvalue weighted by molar-refractivity contribution is 0.0696. The summed E-state index contributed by atoms with van der Waals surface area (Å²) in [6.45, 7) is 1.01. The SMILES string of the molecule is O=C(O)c1ccc2c(c1)C1(CC2=O)c2ccccc2Oc2cccc(N3CC(O)C3)c21. The molecule has 1 unspecified atom stereocenters. The number of aliphatic hydroxyl groups is 1. The Morgan fingerprint density at radius 2 is 1.77 bits per heavy atom. The van der Waals surface area contributed by atoms with Gasteiger partial charge in [-0.25, -0.2) is 4.79 Å². The molecule has 1 saturated heterocycles. The Morgan fingerprint density at radius 3 is 2.55 bits per heavy atom. The number of hydrogen-bond donors (Lipinski definition) is 2. The molecule has 154 valence electrons. The summed E-state index contributed by atoms with van der Waals surface area (Å²) in [6.07, 6.45) is -0.189. The van der Waals surface area contributed by atoms with E-state index in [1.807, 2.05) is 42.5 Å². The molecule has 0 aromatic heterocycles. The average Bonchev–Trinajstić information content (AvgIpc) is 3.03. The van der Waals surface area contributed by atoms with E-state index in [-0.39, 0.29) is 23.9 Å². The van der Waals surface area contributed by atoms with Crippen LogP contribution in [-0.4, -0.2) is 41.2 Å². The minimum Gasteiger partial charge on any atom is -0.478 e. The van der Waals surface area contributed by atoms with Crippen LogP contribution in [0.2, 0.25) is 0 Å². The maximum Gasteiger partial charge on any atom is 0.335 e. The third-order valence-electron chi connectivity index (χ3n) is 6.65. The van der Waals surface area contributed by atoms with Crippen molar-refractivity contribution in [1.29, 1.82) is 0 Å². The number of carboxylic acids is 1. The zero-order chi connectivity index (χ0) is 21.3. The minimum absolute atomic E-state index is 0.0203. The van der Waals surface area contributed by atoms with Crippen LogP contribution < -0.4 is 9.64 Å². The van der Waals surface area contributed by atoms with Crippen LogP contribution in [0.15, 0.2) is 60.7 Å². The van der Waals surface area contributed by atoms with Gasteiger partial charge in [0.2, 0.25) is 0 Å². The smallest absolute Gasteiger partial charge is 0.335 e. The molecule has 2 heterocycles. The molecule has 3 aromatic rings. The van der Waals surface area contributed by atoms with Gasteiger partial charge < -0.3 is 19.8 Å². The third-order valence-corrected chi connectivity index (χ3v) is 6.65. The number of aromatic carboxylic acids is 1. The number of ether oxygens (including phenoxy) is 1. The molecule has 1 atom stereocenters. The summed E-state index contributed by atoms with van der Waals surface area (Å²) in [5.41, 5.74) is 3.16. The lowest BCUT2D eigenvalue weighted by Gasteiger charge is -2.44. The van der Waals surface area contributed by atoms with E-state index in [1.165, 1.54) is 6.07 Å². The predicted molar refractivity (Wildman–Crippen MR) is 113 cm³/mol. The Bertz CT molecular complexity index is 1280. The van der Waals surface area contributed by atoms with E-state index >= 15 is 0 Å². The number of fused-ring (bicyclic) bond motifs is 6. The second kappa shape index (κ2) is 6.18. The van der Waals surface area contributed by atoms with Crippen LogP contribution >= 0.6 is 0 Å². The summed E-state index contributed by atoms with van der Waals surface area (Å²) >= 11 is 0. The van der Waals surface area contributed by atoms with Crippen molar-refractivity contribution in [2.24, 2.45) is 0 Å². The van der Waals surface area contributed by atoms with Crippen LogP contribution in [0.5, 0.6) is 11.5 Å². The van der Waals surface area contributed by atoms with E-state index < -0.39 is 11.4 Å². The molecular formula is C25H19NO5. The van der Waals surface area contributed by atoms with E-state index in [4.69, 9.17) is 4.74 Å². The number of carbonyl (C=O) groups excluding carboxylic acids is 1. The van der Waals surface area contributed by atoms with E-state index in [0.29, 0.717) is 35.7 Å². The van der Waals surface area contributed by atoms with Crippen molar-refractivity contribution in [1.82, 2.24) is 0 Å². The molecule has 0 bridgehead atoms. The molecule has 0 radical (unpaired) electrons. The highest BCUT2D eigenvalue weighted by Gasteiger charge is 2.53. The highest BCUT2D eigenvalue weighted by Crippen LogP contribution is 2.60. The third kappa shape index (κ3) is 2.36. The lowest BCUT2D eigenvalue weighted by Crippen LogP contribution is -2.52. The Morgan fingerprint density at radius 1 is 1.00 bits per heavy atom. The number of Topliss-reactive ketones (excluding diaryl/α,β-unsaturated/α-hetero) is 1. The van der Waals surface area contributed by atoms with Gasteiger partial charge in [0.15, 0.2) is 5.78 Å². The zero-order valence-electron chi connectivity index (χ0n) is 16.5. The van der Waals surface area contributed by atoms with E-state index in [1.54, 1.807) is 12.1 Å². The van der Waals surface area contributed by atoms with Crippen molar-refractivity contribution in [2.45, 2.75) is 17.9 Å². The largest absolute Gasteiger partial charge is 0.478 e. The van der Waals surface area contributed by atoms with Gasteiger partial charge in [-0.05, 0) is 35.9 Å². The molecule has 1 aliphatic carbocycles. The summed E-state index contributed by atoms with van der Waals surface area (Å²) in [5.74, 6) is 0.265. The van der Waals surface area contributed by atoms with Crippen LogP contribution in [0, 0.1) is 0 Å². The van der Waals surface area contributed by atoms with E-state index in [2.05, 4.69) is 4.90 Å². The monoisotopic (exact) mass is 413 g/mol. The Labute approximate surface area is 178 Å². The molecule has 3 aromatic carbocycles. The first-order chi connectivity index (χ1) is 15.0. The number of para-hydroxylation sites is 1. The Balaban J connectivity index is 1.70. The second-order valence-electron chi connectivity index (χ2n) is 8.38. The highest BCUT2D eigenvalue weighted by molar-refractivity contribution is 6.06. The molecule has 31 heavy (non-hydrogen) atoms. The fourth-order valence-electron chi connectivity index (χ4n) is 5.28. The van der Waals surface area contributed by atoms with Gasteiger partial charge in [-0.15, -0.1) is 0 Å². The van der Waals surface area contributed by atoms with Gasteiger partial charge in [-0.3, -0.25) is 4.79 Å². The van der Waals surface area contributed by atoms with E-state index in [9.17, 15) is 19.8 Å². The van der Waals surface area contributed by atoms with E-state index in [0.717, 1.165) is 16.8 Å². The summed E-state index contributed by atoms with van der Waals surface area (Å²) in [7, 11) is 0. The average molecular weight is 413 g/mol. The topological polar surface area (TPSA) is 87.1 Å². The molecule has 6 nitrogen and oxygen atoms in total. The minimum atomic E-state index is -1.03. The number of β-amino-alcohol motifs (C(OH)–C–C–N with tert-alkyl or cyclic N) is 1. The molecule has 1 spiro atoms. The molecule has 2 aliphatic heterocycles. The van der Waals surface area contributed by atoms with Crippen LogP contribution in [0.4, 0.5) is 5.69 Å². The van der Waals surface area contributed by atoms with Gasteiger partial charge in [0.05, 0.1) is 17.1 Å². The lowest BCUT2D eigenvalue weighted by atomic mass is 9.67. The van der Waals surface area contributed by atoms with Gasteiger partial charge in [0.1, 0.15) is 11.5 Å². The molecule has 2 N–H and O–H groups in total. The second-order valence-corrected chi connectivity index (χ2v) is 8.38. The predicted octanol–water partition coefficient (Wildman–Crippen LogP) is 3.59. The molecule has 6 rings (SSSR count). The van der Waals surface area contributed by atoms with Gasteiger partial charge >= 0.3 is 5.97 Å². The number of ketones is 1. The molecule has 0 saturated carbocycles. The highest BCUT2D eigenvalue weighted by atomic mass is 16.5. The summed E-state index contributed by atoms with van der Waals surface area (Å²) < 4.78 is 6.26. The summed E-state index contributed by atoms with van der Waals surface area (Å²) in [6, 6.07) is 18.2. The molecule has 6 heteroatoms. The molecular weight excluding hydrogens is 394 g/mol. The number of anilines is 1. The van der Waals surface area contributed by atoms with Gasteiger partial charge in [-0.2, -0.15) is 0 Å². The summed E-state index contributed by atoms with van der Waals surface area (Å²) in [5, 5.41) is 19.5. The maximum absolute atomic E-state index is 13.2. The van der Waals surface area contributed by atoms with Crippen molar-refractivity contribution in [3.05, 3.63) is 88.5 Å². The fraction of sp³-hybridized carbons (Fsp3) is 0.200. The molecule has 1 fully saturated rings. The fourth-order valence-corrected chi connectivity index (χ4v) is 5.28. The zero-order valence-corrected chi connectivity index (χ0v) is 16.5. The standard InChI is InChI=1S/C25H19NO5/c27-15-12-26(13-15)19-5-3-7-22-23(19)25(17-4-1-2-6-21(17)31-22)11-20(28)16-9-8-14(24(29)30)10-18(16)25/h1-10,15,27H,11-13H2,(H,29,30). The first-order valence-electron chi connectivity index (χ1n) is 10.2. The van der Waals surface area contributed by atoms with Crippen LogP contribution in [0.1, 0.15) is 43.8 Å². The van der Waals surface area contributed by atoms with Crippen molar-refractivity contribution < 1.29 is 24.5 Å². The van der Waals surface area contributed by atoms with Crippen molar-refractivity contribution in [3.63, 3.8) is 0 Å². The number of carbonyl (C=O) groups is 2. The van der Waals surface area contributed by atoms with Gasteiger partial charge in [-0.1, -0.05) is 30.3 Å². The van der Waals surface area contributed by atoms with Crippen molar-refractivity contribution in [2.75, 3.05) is 18.0 Å². The number of benzene rings is 3. The number of aliphatic hydroxyl groups excluding tert-OH is 1. The van der Waals surface area contributed by atoms with Crippen molar-refractivity contribution in [3.8, 4) is 11.5 Å². The quantitative estimate of drug-likeness (QED) is 0.668. The van der Waals surface area contributed by atoms with Crippen molar-refractivity contribution >= 4 is 17.4 Å². The van der Waals surface area contributed by atoms with Gasteiger partial charge in [0, 0.05) is 41.9 Å². The van der Waals surface area contributed by atoms with Gasteiger partial charge in [0.25, 0.3) is 0 Å². The van der Waals surface area contributed by atoms with Crippen LogP contribution in [0.3, 0.4) is 0 Å². The van der Waals surface area contributed by atoms with Crippen LogP contribution in [0.25, 0.3) is 0 Å².